The molecule has 0 unspecified atom stereocenters. The van der Waals surface area contributed by atoms with E-state index in [2.05, 4.69) is 5.32 Å². The van der Waals surface area contributed by atoms with Gasteiger partial charge in [-0.05, 0) is 43.4 Å². The van der Waals surface area contributed by atoms with Gasteiger partial charge in [-0.15, -0.1) is 0 Å². The van der Waals surface area contributed by atoms with Crippen molar-refractivity contribution in [1.29, 1.82) is 0 Å². The lowest BCUT2D eigenvalue weighted by molar-refractivity contribution is -0.117. The maximum atomic E-state index is 12.4. The van der Waals surface area contributed by atoms with E-state index in [9.17, 15) is 4.79 Å². The number of carbonyl (C=O) groups is 1. The van der Waals surface area contributed by atoms with E-state index in [0.29, 0.717) is 23.1 Å². The van der Waals surface area contributed by atoms with E-state index < -0.39 is 0 Å². The van der Waals surface area contributed by atoms with E-state index in [1.807, 2.05) is 49.3 Å². The first-order valence-corrected chi connectivity index (χ1v) is 8.68. The number of nitrogens with zero attached hydrogens (tertiary/aromatic N) is 1. The maximum Gasteiger partial charge on any atom is 0.244 e. The van der Waals surface area contributed by atoms with E-state index in [0.717, 1.165) is 11.1 Å². The highest BCUT2D eigenvalue weighted by molar-refractivity contribution is 6.32. The van der Waals surface area contributed by atoms with Gasteiger partial charge in [0.05, 0.1) is 11.1 Å². The van der Waals surface area contributed by atoms with Crippen LogP contribution in [0.15, 0.2) is 48.5 Å². The molecule has 0 fully saturated rings. The van der Waals surface area contributed by atoms with E-state index >= 15 is 0 Å². The summed E-state index contributed by atoms with van der Waals surface area (Å²) in [4.78, 5) is 14.4. The summed E-state index contributed by atoms with van der Waals surface area (Å²) in [5, 5.41) is 3.51. The topological polar surface area (TPSA) is 50.8 Å². The number of hydrogen-bond donors (Lipinski definition) is 1. The number of benzene rings is 2. The highest BCUT2D eigenvalue weighted by Gasteiger charge is 2.18. The standard InChI is InChI=1S/C20H21ClN2O3/c1-23(2)12-17(15-6-4-3-5-7-15)22-19(24)9-8-14-10-16(21)20-18(11-14)25-13-26-20/h3-11,17H,12-13H2,1-2H3,(H,22,24)/b9-8+/t17-/m0/s1. The third kappa shape index (κ3) is 4.56. The summed E-state index contributed by atoms with van der Waals surface area (Å²) in [5.74, 6) is 0.963. The maximum absolute atomic E-state index is 12.4. The number of hydrogen-bond acceptors (Lipinski definition) is 4. The molecule has 2 aromatic rings. The smallest absolute Gasteiger partial charge is 0.244 e. The third-order valence-electron chi connectivity index (χ3n) is 3.94. The van der Waals surface area contributed by atoms with Crippen LogP contribution in [-0.2, 0) is 4.79 Å². The summed E-state index contributed by atoms with van der Waals surface area (Å²) >= 11 is 6.17. The molecular formula is C20H21ClN2O3. The van der Waals surface area contributed by atoms with E-state index in [1.54, 1.807) is 18.2 Å². The monoisotopic (exact) mass is 372 g/mol. The summed E-state index contributed by atoms with van der Waals surface area (Å²) < 4.78 is 10.6. The number of halogens is 1. The highest BCUT2D eigenvalue weighted by Crippen LogP contribution is 2.40. The Bertz CT molecular complexity index is 806. The zero-order chi connectivity index (χ0) is 18.5. The predicted molar refractivity (Wildman–Crippen MR) is 102 cm³/mol. The average molecular weight is 373 g/mol. The van der Waals surface area contributed by atoms with Gasteiger partial charge >= 0.3 is 0 Å². The summed E-state index contributed by atoms with van der Waals surface area (Å²) in [6, 6.07) is 13.4. The molecule has 0 spiro atoms. The molecule has 0 aromatic heterocycles. The van der Waals surface area contributed by atoms with Crippen LogP contribution in [-0.4, -0.2) is 38.2 Å². The first-order valence-electron chi connectivity index (χ1n) is 8.30. The molecule has 2 aromatic carbocycles. The van der Waals surface area contributed by atoms with Crippen LogP contribution in [0.3, 0.4) is 0 Å². The molecule has 1 aliphatic rings. The molecule has 1 N–H and O–H groups in total. The molecule has 0 aliphatic carbocycles. The van der Waals surface area contributed by atoms with Gasteiger partial charge in [-0.3, -0.25) is 4.79 Å². The Balaban J connectivity index is 1.70. The lowest BCUT2D eigenvalue weighted by Crippen LogP contribution is -2.34. The van der Waals surface area contributed by atoms with E-state index in [-0.39, 0.29) is 18.7 Å². The number of amides is 1. The van der Waals surface area contributed by atoms with Gasteiger partial charge < -0.3 is 19.7 Å². The van der Waals surface area contributed by atoms with Gasteiger partial charge in [0.1, 0.15) is 0 Å². The second kappa shape index (κ2) is 8.25. The Kier molecular flexibility index (Phi) is 5.81. The molecule has 0 saturated heterocycles. The van der Waals surface area contributed by atoms with Gasteiger partial charge in [-0.1, -0.05) is 41.9 Å². The van der Waals surface area contributed by atoms with Gasteiger partial charge in [0, 0.05) is 12.6 Å². The van der Waals surface area contributed by atoms with Crippen LogP contribution >= 0.6 is 11.6 Å². The number of carbonyl (C=O) groups excluding carboxylic acids is 1. The zero-order valence-electron chi connectivity index (χ0n) is 14.7. The fourth-order valence-electron chi connectivity index (χ4n) is 2.76. The minimum Gasteiger partial charge on any atom is -0.454 e. The fraction of sp³-hybridized carbons (Fsp3) is 0.250. The molecule has 136 valence electrons. The minimum atomic E-state index is -0.172. The molecule has 3 rings (SSSR count). The van der Waals surface area contributed by atoms with Crippen molar-refractivity contribution < 1.29 is 14.3 Å². The lowest BCUT2D eigenvalue weighted by atomic mass is 10.1. The molecule has 1 atom stereocenters. The van der Waals surface area contributed by atoms with Crippen molar-refractivity contribution in [2.45, 2.75) is 6.04 Å². The van der Waals surface area contributed by atoms with Gasteiger partial charge in [-0.25, -0.2) is 0 Å². The summed E-state index contributed by atoms with van der Waals surface area (Å²) in [5.41, 5.74) is 1.84. The van der Waals surface area contributed by atoms with Gasteiger partial charge in [0.25, 0.3) is 0 Å². The van der Waals surface area contributed by atoms with Crippen LogP contribution in [0.25, 0.3) is 6.08 Å². The summed E-state index contributed by atoms with van der Waals surface area (Å²) in [6.07, 6.45) is 3.21. The molecule has 6 heteroatoms. The van der Waals surface area contributed by atoms with Crippen LogP contribution in [0.4, 0.5) is 0 Å². The Morgan fingerprint density at radius 2 is 2.04 bits per heavy atom. The van der Waals surface area contributed by atoms with Crippen molar-refractivity contribution in [1.82, 2.24) is 10.2 Å². The molecule has 1 heterocycles. The van der Waals surface area contributed by atoms with Gasteiger partial charge in [0.15, 0.2) is 11.5 Å². The number of ether oxygens (including phenoxy) is 2. The van der Waals surface area contributed by atoms with Gasteiger partial charge in [-0.2, -0.15) is 0 Å². The molecule has 0 saturated carbocycles. The Morgan fingerprint density at radius 1 is 1.27 bits per heavy atom. The molecule has 26 heavy (non-hydrogen) atoms. The number of likely N-dealkylation sites (N-methyl/N-ethyl adjacent to an activating group) is 1. The normalized spacial score (nSPS) is 14.0. The molecule has 0 bridgehead atoms. The number of fused-ring (bicyclic) bond motifs is 1. The molecular weight excluding hydrogens is 352 g/mol. The average Bonchev–Trinajstić information content (AvgIpc) is 3.09. The van der Waals surface area contributed by atoms with Crippen LogP contribution in [0, 0.1) is 0 Å². The van der Waals surface area contributed by atoms with Crippen molar-refractivity contribution in [3.63, 3.8) is 0 Å². The Labute approximate surface area is 158 Å². The number of rotatable bonds is 6. The molecule has 1 aliphatic heterocycles. The third-order valence-corrected chi connectivity index (χ3v) is 4.22. The SMILES string of the molecule is CN(C)C[C@H](NC(=O)/C=C/c1cc(Cl)c2c(c1)OCO2)c1ccccc1. The number of nitrogens with one attached hydrogen (secondary N) is 1. The van der Waals surface area contributed by atoms with Crippen molar-refractivity contribution in [3.8, 4) is 11.5 Å². The highest BCUT2D eigenvalue weighted by atomic mass is 35.5. The first-order chi connectivity index (χ1) is 12.5. The van der Waals surface area contributed by atoms with Gasteiger partial charge in [0.2, 0.25) is 12.7 Å². The largest absolute Gasteiger partial charge is 0.454 e. The van der Waals surface area contributed by atoms with Crippen molar-refractivity contribution in [3.05, 3.63) is 64.7 Å². The predicted octanol–water partition coefficient (Wildman–Crippen LogP) is 3.50. The second-order valence-electron chi connectivity index (χ2n) is 6.30. The van der Waals surface area contributed by atoms with Crippen molar-refractivity contribution in [2.75, 3.05) is 27.4 Å². The van der Waals surface area contributed by atoms with Crippen LogP contribution in [0.1, 0.15) is 17.2 Å². The van der Waals surface area contributed by atoms with E-state index in [1.165, 1.54) is 6.08 Å². The quantitative estimate of drug-likeness (QED) is 0.788. The fourth-order valence-corrected chi connectivity index (χ4v) is 3.03. The first kappa shape index (κ1) is 18.3. The van der Waals surface area contributed by atoms with Crippen LogP contribution in [0.2, 0.25) is 5.02 Å². The van der Waals surface area contributed by atoms with Crippen molar-refractivity contribution >= 4 is 23.6 Å². The van der Waals surface area contributed by atoms with E-state index in [4.69, 9.17) is 21.1 Å². The van der Waals surface area contributed by atoms with Crippen LogP contribution in [0.5, 0.6) is 11.5 Å². The van der Waals surface area contributed by atoms with Crippen molar-refractivity contribution in [2.24, 2.45) is 0 Å². The molecule has 0 radical (unpaired) electrons. The minimum absolute atomic E-state index is 0.0938. The Morgan fingerprint density at radius 3 is 2.77 bits per heavy atom. The van der Waals surface area contributed by atoms with Crippen LogP contribution < -0.4 is 14.8 Å². The zero-order valence-corrected chi connectivity index (χ0v) is 15.5. The lowest BCUT2D eigenvalue weighted by Gasteiger charge is -2.22. The Hall–Kier alpha value is -2.50. The molecule has 5 nitrogen and oxygen atoms in total. The second-order valence-corrected chi connectivity index (χ2v) is 6.71. The summed E-state index contributed by atoms with van der Waals surface area (Å²) in [7, 11) is 3.96. The summed E-state index contributed by atoms with van der Waals surface area (Å²) in [6.45, 7) is 0.867. The molecule has 1 amide bonds.